The van der Waals surface area contributed by atoms with Gasteiger partial charge in [0, 0.05) is 65.5 Å². The standard InChI is InChI=1S/C29H36N6O3S/c36-39(37,27-10-8-25(9-11-27)24-5-2-1-3-6-24)35-20-18-34(19-21-35)29-13-12-28(30-31-29)33-16-14-32(15-17-33)23-26-7-4-22-38-26/h1-3,5-6,8-13,26H,4,7,14-23H2. The molecule has 3 aliphatic heterocycles. The van der Waals surface area contributed by atoms with Gasteiger partial charge in [0.1, 0.15) is 0 Å². The van der Waals surface area contributed by atoms with Gasteiger partial charge in [-0.15, -0.1) is 10.2 Å². The van der Waals surface area contributed by atoms with Gasteiger partial charge < -0.3 is 14.5 Å². The van der Waals surface area contributed by atoms with Gasteiger partial charge in [0.05, 0.1) is 11.0 Å². The Morgan fingerprint density at radius 3 is 1.87 bits per heavy atom. The van der Waals surface area contributed by atoms with Gasteiger partial charge in [0.25, 0.3) is 0 Å². The van der Waals surface area contributed by atoms with Crippen LogP contribution in [0.4, 0.5) is 11.6 Å². The van der Waals surface area contributed by atoms with Crippen molar-refractivity contribution in [3.05, 3.63) is 66.7 Å². The normalized spacial score (nSPS) is 21.4. The molecule has 1 unspecified atom stereocenters. The molecule has 0 amide bonds. The Morgan fingerprint density at radius 2 is 1.31 bits per heavy atom. The quantitative estimate of drug-likeness (QED) is 0.446. The molecule has 10 heteroatoms. The van der Waals surface area contributed by atoms with E-state index in [1.54, 1.807) is 16.4 Å². The van der Waals surface area contributed by atoms with Crippen LogP contribution in [0.2, 0.25) is 0 Å². The van der Waals surface area contributed by atoms with Crippen LogP contribution in [-0.4, -0.2) is 99.4 Å². The van der Waals surface area contributed by atoms with Crippen molar-refractivity contribution in [1.82, 2.24) is 19.4 Å². The Morgan fingerprint density at radius 1 is 0.718 bits per heavy atom. The van der Waals surface area contributed by atoms with Gasteiger partial charge >= 0.3 is 0 Å². The average Bonchev–Trinajstić information content (AvgIpc) is 3.51. The molecule has 6 rings (SSSR count). The third-order valence-corrected chi connectivity index (χ3v) is 9.89. The van der Waals surface area contributed by atoms with E-state index >= 15 is 0 Å². The summed E-state index contributed by atoms with van der Waals surface area (Å²) < 4.78 is 33.9. The minimum Gasteiger partial charge on any atom is -0.377 e. The van der Waals surface area contributed by atoms with Gasteiger partial charge in [-0.2, -0.15) is 4.31 Å². The molecule has 0 N–H and O–H groups in total. The van der Waals surface area contributed by atoms with E-state index in [1.165, 1.54) is 12.8 Å². The second-order valence-electron chi connectivity index (χ2n) is 10.5. The number of nitrogens with zero attached hydrogens (tertiary/aromatic N) is 6. The predicted octanol–water partition coefficient (Wildman–Crippen LogP) is 2.96. The van der Waals surface area contributed by atoms with Crippen molar-refractivity contribution in [1.29, 1.82) is 0 Å². The molecule has 0 aliphatic carbocycles. The zero-order chi connectivity index (χ0) is 26.7. The molecule has 3 fully saturated rings. The molecule has 0 bridgehead atoms. The van der Waals surface area contributed by atoms with Crippen molar-refractivity contribution >= 4 is 21.7 Å². The molecule has 3 aliphatic rings. The number of ether oxygens (including phenoxy) is 1. The maximum absolute atomic E-state index is 13.3. The molecule has 39 heavy (non-hydrogen) atoms. The van der Waals surface area contributed by atoms with Gasteiger partial charge in [-0.1, -0.05) is 42.5 Å². The number of hydrogen-bond donors (Lipinski definition) is 0. The predicted molar refractivity (Wildman–Crippen MR) is 153 cm³/mol. The molecule has 3 aromatic rings. The number of rotatable bonds is 7. The van der Waals surface area contributed by atoms with Crippen LogP contribution in [0.1, 0.15) is 12.8 Å². The van der Waals surface area contributed by atoms with Crippen molar-refractivity contribution < 1.29 is 13.2 Å². The summed E-state index contributed by atoms with van der Waals surface area (Å²) in [4.78, 5) is 7.21. The summed E-state index contributed by atoms with van der Waals surface area (Å²) in [7, 11) is -3.55. The zero-order valence-corrected chi connectivity index (χ0v) is 23.0. The van der Waals surface area contributed by atoms with Crippen LogP contribution >= 0.6 is 0 Å². The van der Waals surface area contributed by atoms with Crippen LogP contribution in [0.3, 0.4) is 0 Å². The minimum absolute atomic E-state index is 0.329. The summed E-state index contributed by atoms with van der Waals surface area (Å²) in [6.07, 6.45) is 2.75. The summed E-state index contributed by atoms with van der Waals surface area (Å²) in [5, 5.41) is 9.01. The molecule has 3 saturated heterocycles. The van der Waals surface area contributed by atoms with Crippen LogP contribution in [0, 0.1) is 0 Å². The summed E-state index contributed by atoms with van der Waals surface area (Å²) >= 11 is 0. The molecular weight excluding hydrogens is 512 g/mol. The molecule has 9 nitrogen and oxygen atoms in total. The smallest absolute Gasteiger partial charge is 0.243 e. The van der Waals surface area contributed by atoms with E-state index < -0.39 is 10.0 Å². The lowest BCUT2D eigenvalue weighted by Gasteiger charge is -2.36. The van der Waals surface area contributed by atoms with Crippen molar-refractivity contribution in [2.45, 2.75) is 23.8 Å². The molecule has 206 valence electrons. The fourth-order valence-electron chi connectivity index (χ4n) is 5.65. The first kappa shape index (κ1) is 26.2. The lowest BCUT2D eigenvalue weighted by molar-refractivity contribution is 0.0712. The van der Waals surface area contributed by atoms with Gasteiger partial charge in [0.2, 0.25) is 10.0 Å². The van der Waals surface area contributed by atoms with E-state index in [9.17, 15) is 8.42 Å². The van der Waals surface area contributed by atoms with E-state index in [0.717, 1.165) is 62.1 Å². The van der Waals surface area contributed by atoms with E-state index in [0.29, 0.717) is 37.2 Å². The van der Waals surface area contributed by atoms with Crippen LogP contribution in [0.5, 0.6) is 0 Å². The van der Waals surface area contributed by atoms with Crippen LogP contribution in [0.15, 0.2) is 71.6 Å². The second kappa shape index (κ2) is 11.6. The van der Waals surface area contributed by atoms with Crippen molar-refractivity contribution in [3.8, 4) is 11.1 Å². The van der Waals surface area contributed by atoms with E-state index in [-0.39, 0.29) is 0 Å². The number of benzene rings is 2. The Hall–Kier alpha value is -3.05. The number of anilines is 2. The number of sulfonamides is 1. The Labute approximate surface area is 231 Å². The van der Waals surface area contributed by atoms with E-state index in [1.807, 2.05) is 54.6 Å². The van der Waals surface area contributed by atoms with Gasteiger partial charge in [-0.25, -0.2) is 8.42 Å². The van der Waals surface area contributed by atoms with Gasteiger partial charge in [-0.05, 0) is 48.2 Å². The van der Waals surface area contributed by atoms with Gasteiger partial charge in [-0.3, -0.25) is 4.90 Å². The van der Waals surface area contributed by atoms with E-state index in [4.69, 9.17) is 4.74 Å². The maximum Gasteiger partial charge on any atom is 0.243 e. The molecule has 0 spiro atoms. The highest BCUT2D eigenvalue weighted by Gasteiger charge is 2.29. The molecule has 0 radical (unpaired) electrons. The second-order valence-corrected chi connectivity index (χ2v) is 12.4. The highest BCUT2D eigenvalue weighted by atomic mass is 32.2. The average molecular weight is 549 g/mol. The molecule has 1 atom stereocenters. The monoisotopic (exact) mass is 548 g/mol. The molecule has 0 saturated carbocycles. The third-order valence-electron chi connectivity index (χ3n) is 7.98. The Kier molecular flexibility index (Phi) is 7.78. The SMILES string of the molecule is O=S(=O)(c1ccc(-c2ccccc2)cc1)N1CCN(c2ccc(N3CCN(CC4CCCO4)CC3)nn2)CC1. The number of aromatic nitrogens is 2. The highest BCUT2D eigenvalue weighted by Crippen LogP contribution is 2.25. The highest BCUT2D eigenvalue weighted by molar-refractivity contribution is 7.89. The Bertz CT molecular complexity index is 1320. The largest absolute Gasteiger partial charge is 0.377 e. The maximum atomic E-state index is 13.3. The van der Waals surface area contributed by atoms with E-state index in [2.05, 4.69) is 24.9 Å². The molecule has 1 aromatic heterocycles. The molecule has 2 aromatic carbocycles. The number of hydrogen-bond acceptors (Lipinski definition) is 8. The van der Waals surface area contributed by atoms with Crippen molar-refractivity contribution in [2.75, 3.05) is 75.3 Å². The van der Waals surface area contributed by atoms with Crippen LogP contribution < -0.4 is 9.80 Å². The lowest BCUT2D eigenvalue weighted by Crippen LogP contribution is -2.49. The van der Waals surface area contributed by atoms with Crippen LogP contribution in [-0.2, 0) is 14.8 Å². The van der Waals surface area contributed by atoms with Crippen molar-refractivity contribution in [3.63, 3.8) is 0 Å². The fraction of sp³-hybridized carbons (Fsp3) is 0.448. The van der Waals surface area contributed by atoms with Crippen LogP contribution in [0.25, 0.3) is 11.1 Å². The topological polar surface area (TPSA) is 82.1 Å². The lowest BCUT2D eigenvalue weighted by atomic mass is 10.1. The summed E-state index contributed by atoms with van der Waals surface area (Å²) in [6, 6.07) is 21.2. The third kappa shape index (κ3) is 5.94. The summed E-state index contributed by atoms with van der Waals surface area (Å²) in [6.45, 7) is 7.81. The number of piperazine rings is 2. The van der Waals surface area contributed by atoms with Gasteiger partial charge in [0.15, 0.2) is 11.6 Å². The Balaban J connectivity index is 1.01. The summed E-state index contributed by atoms with van der Waals surface area (Å²) in [5.41, 5.74) is 2.07. The first-order valence-electron chi connectivity index (χ1n) is 13.9. The first-order chi connectivity index (χ1) is 19.1. The zero-order valence-electron chi connectivity index (χ0n) is 22.2. The molecular formula is C29H36N6O3S. The fourth-order valence-corrected chi connectivity index (χ4v) is 7.07. The molecule has 4 heterocycles. The van der Waals surface area contributed by atoms with Crippen molar-refractivity contribution in [2.24, 2.45) is 0 Å². The summed E-state index contributed by atoms with van der Waals surface area (Å²) in [5.74, 6) is 1.69. The minimum atomic E-state index is -3.55. The first-order valence-corrected chi connectivity index (χ1v) is 15.3.